The van der Waals surface area contributed by atoms with E-state index in [2.05, 4.69) is 4.72 Å². The number of likely N-dealkylation sites (N-methyl/N-ethyl adjacent to an activating group) is 1. The zero-order valence-electron chi connectivity index (χ0n) is 10.8. The number of aryl methyl sites for hydroxylation is 2. The van der Waals surface area contributed by atoms with Gasteiger partial charge in [-0.3, -0.25) is 0 Å². The van der Waals surface area contributed by atoms with Crippen molar-refractivity contribution in [1.29, 1.82) is 0 Å². The largest absolute Gasteiger partial charge is 0.308 e. The van der Waals surface area contributed by atoms with Crippen LogP contribution in [-0.4, -0.2) is 40.5 Å². The molecule has 1 N–H and O–H groups in total. The Morgan fingerprint density at radius 2 is 1.88 bits per heavy atom. The maximum atomic E-state index is 12.1. The Kier molecular flexibility index (Phi) is 4.68. The van der Waals surface area contributed by atoms with Gasteiger partial charge in [-0.25, -0.2) is 13.1 Å². The van der Waals surface area contributed by atoms with Crippen molar-refractivity contribution in [2.45, 2.75) is 18.7 Å². The molecule has 0 aliphatic heterocycles. The number of hydrogen-bond acceptors (Lipinski definition) is 3. The van der Waals surface area contributed by atoms with Crippen molar-refractivity contribution in [3.8, 4) is 0 Å². The molecule has 1 rings (SSSR count). The molecule has 0 saturated heterocycles. The summed E-state index contributed by atoms with van der Waals surface area (Å²) in [7, 11) is 0.432. The molecule has 1 aromatic carbocycles. The Bertz CT molecular complexity index is 481. The van der Waals surface area contributed by atoms with Crippen LogP contribution in [0.4, 0.5) is 0 Å². The van der Waals surface area contributed by atoms with Gasteiger partial charge in [0.05, 0.1) is 4.90 Å². The van der Waals surface area contributed by atoms with Crippen LogP contribution < -0.4 is 4.72 Å². The first kappa shape index (κ1) is 14.2. The standard InChI is InChI=1S/C12H20N2O2S/c1-10-5-6-11(2)12(9-10)17(15,16)13-7-8-14(3)4/h5-6,9,13H,7-8H2,1-4H3. The highest BCUT2D eigenvalue weighted by Gasteiger charge is 2.16. The number of benzene rings is 1. The number of sulfonamides is 1. The number of nitrogens with one attached hydrogen (secondary N) is 1. The van der Waals surface area contributed by atoms with Crippen LogP contribution in [0.15, 0.2) is 23.1 Å². The molecule has 5 heteroatoms. The minimum atomic E-state index is -3.39. The molecule has 0 aliphatic carbocycles. The minimum absolute atomic E-state index is 0.372. The summed E-state index contributed by atoms with van der Waals surface area (Å²) in [5.74, 6) is 0. The van der Waals surface area contributed by atoms with E-state index in [1.54, 1.807) is 13.0 Å². The first-order valence-electron chi connectivity index (χ1n) is 5.54. The van der Waals surface area contributed by atoms with Crippen LogP contribution in [0, 0.1) is 13.8 Å². The molecule has 0 saturated carbocycles. The molecule has 4 nitrogen and oxygen atoms in total. The van der Waals surface area contributed by atoms with Crippen molar-refractivity contribution >= 4 is 10.0 Å². The molecule has 0 atom stereocenters. The smallest absolute Gasteiger partial charge is 0.240 e. The fraction of sp³-hybridized carbons (Fsp3) is 0.500. The maximum Gasteiger partial charge on any atom is 0.240 e. The first-order valence-corrected chi connectivity index (χ1v) is 7.03. The van der Waals surface area contributed by atoms with Crippen LogP contribution in [0.3, 0.4) is 0 Å². The molecule has 1 aromatic rings. The van der Waals surface area contributed by atoms with Crippen LogP contribution >= 0.6 is 0 Å². The van der Waals surface area contributed by atoms with Gasteiger partial charge in [-0.05, 0) is 45.1 Å². The third kappa shape index (κ3) is 4.11. The van der Waals surface area contributed by atoms with E-state index in [1.165, 1.54) is 0 Å². The summed E-state index contributed by atoms with van der Waals surface area (Å²) in [4.78, 5) is 2.31. The van der Waals surface area contributed by atoms with Gasteiger partial charge in [0, 0.05) is 13.1 Å². The van der Waals surface area contributed by atoms with Gasteiger partial charge in [-0.2, -0.15) is 0 Å². The molecule has 0 radical (unpaired) electrons. The molecule has 0 amide bonds. The van der Waals surface area contributed by atoms with Gasteiger partial charge >= 0.3 is 0 Å². The third-order valence-electron chi connectivity index (χ3n) is 2.48. The Morgan fingerprint density at radius 1 is 1.24 bits per heavy atom. The highest BCUT2D eigenvalue weighted by atomic mass is 32.2. The van der Waals surface area contributed by atoms with Crippen molar-refractivity contribution in [2.24, 2.45) is 0 Å². The molecule has 0 aromatic heterocycles. The van der Waals surface area contributed by atoms with Gasteiger partial charge in [-0.1, -0.05) is 12.1 Å². The lowest BCUT2D eigenvalue weighted by Gasteiger charge is -2.12. The molecule has 96 valence electrons. The van der Waals surface area contributed by atoms with Crippen LogP contribution in [0.1, 0.15) is 11.1 Å². The topological polar surface area (TPSA) is 49.4 Å². The second-order valence-electron chi connectivity index (χ2n) is 4.47. The quantitative estimate of drug-likeness (QED) is 0.859. The lowest BCUT2D eigenvalue weighted by atomic mass is 10.2. The van der Waals surface area contributed by atoms with E-state index < -0.39 is 10.0 Å². The van der Waals surface area contributed by atoms with Crippen LogP contribution in [0.2, 0.25) is 0 Å². The SMILES string of the molecule is Cc1ccc(C)c(S(=O)(=O)NCCN(C)C)c1. The van der Waals surface area contributed by atoms with Crippen molar-refractivity contribution in [2.75, 3.05) is 27.2 Å². The van der Waals surface area contributed by atoms with Gasteiger partial charge in [0.1, 0.15) is 0 Å². The number of rotatable bonds is 5. The minimum Gasteiger partial charge on any atom is -0.308 e. The van der Waals surface area contributed by atoms with Crippen LogP contribution in [0.5, 0.6) is 0 Å². The second-order valence-corrected chi connectivity index (χ2v) is 6.21. The first-order chi connectivity index (χ1) is 7.83. The van der Waals surface area contributed by atoms with Gasteiger partial charge in [0.15, 0.2) is 0 Å². The molecule has 0 unspecified atom stereocenters. The maximum absolute atomic E-state index is 12.1. The van der Waals surface area contributed by atoms with Crippen molar-refractivity contribution in [3.63, 3.8) is 0 Å². The summed E-state index contributed by atoms with van der Waals surface area (Å²) < 4.78 is 26.7. The van der Waals surface area contributed by atoms with Gasteiger partial charge in [0.25, 0.3) is 0 Å². The lowest BCUT2D eigenvalue weighted by molar-refractivity contribution is 0.412. The summed E-state index contributed by atoms with van der Waals surface area (Å²) in [5, 5.41) is 0. The highest BCUT2D eigenvalue weighted by molar-refractivity contribution is 7.89. The van der Waals surface area contributed by atoms with Gasteiger partial charge < -0.3 is 4.90 Å². The van der Waals surface area contributed by atoms with E-state index in [-0.39, 0.29) is 0 Å². The van der Waals surface area contributed by atoms with Crippen molar-refractivity contribution in [3.05, 3.63) is 29.3 Å². The summed E-state index contributed by atoms with van der Waals surface area (Å²) in [6.07, 6.45) is 0. The highest BCUT2D eigenvalue weighted by Crippen LogP contribution is 2.16. The average molecular weight is 256 g/mol. The van der Waals surface area contributed by atoms with Crippen molar-refractivity contribution in [1.82, 2.24) is 9.62 Å². The van der Waals surface area contributed by atoms with E-state index in [9.17, 15) is 8.42 Å². The van der Waals surface area contributed by atoms with E-state index in [0.717, 1.165) is 11.1 Å². The molecule has 0 aliphatic rings. The normalized spacial score (nSPS) is 12.1. The Labute approximate surface area is 104 Å². The van der Waals surface area contributed by atoms with Crippen LogP contribution in [0.25, 0.3) is 0 Å². The molecule has 0 spiro atoms. The number of nitrogens with zero attached hydrogens (tertiary/aromatic N) is 1. The lowest BCUT2D eigenvalue weighted by Crippen LogP contribution is -2.31. The predicted octanol–water partition coefficient (Wildman–Crippen LogP) is 1.14. The monoisotopic (exact) mass is 256 g/mol. The van der Waals surface area contributed by atoms with E-state index in [4.69, 9.17) is 0 Å². The molecule has 0 heterocycles. The van der Waals surface area contributed by atoms with E-state index in [0.29, 0.717) is 18.0 Å². The summed E-state index contributed by atoms with van der Waals surface area (Å²) in [5.41, 5.74) is 1.72. The molecule has 0 bridgehead atoms. The second kappa shape index (κ2) is 5.62. The zero-order valence-corrected chi connectivity index (χ0v) is 11.6. The van der Waals surface area contributed by atoms with Crippen molar-refractivity contribution < 1.29 is 8.42 Å². The Morgan fingerprint density at radius 3 is 2.47 bits per heavy atom. The molecule has 17 heavy (non-hydrogen) atoms. The molecule has 0 fully saturated rings. The summed E-state index contributed by atoms with van der Waals surface area (Å²) in [6.45, 7) is 4.80. The molecular weight excluding hydrogens is 236 g/mol. The summed E-state index contributed by atoms with van der Waals surface area (Å²) >= 11 is 0. The third-order valence-corrected chi connectivity index (χ3v) is 4.09. The van der Waals surface area contributed by atoms with E-state index >= 15 is 0 Å². The van der Waals surface area contributed by atoms with Gasteiger partial charge in [0.2, 0.25) is 10.0 Å². The van der Waals surface area contributed by atoms with E-state index in [1.807, 2.05) is 38.1 Å². The number of hydrogen-bond donors (Lipinski definition) is 1. The average Bonchev–Trinajstić information content (AvgIpc) is 2.20. The Hall–Kier alpha value is -0.910. The van der Waals surface area contributed by atoms with Gasteiger partial charge in [-0.15, -0.1) is 0 Å². The predicted molar refractivity (Wildman–Crippen MR) is 69.7 cm³/mol. The Balaban J connectivity index is 2.86. The van der Waals surface area contributed by atoms with Crippen LogP contribution in [-0.2, 0) is 10.0 Å². The molecular formula is C12H20N2O2S. The summed E-state index contributed by atoms with van der Waals surface area (Å²) in [6, 6.07) is 5.44. The fourth-order valence-corrected chi connectivity index (χ4v) is 2.83. The fourth-order valence-electron chi connectivity index (χ4n) is 1.48. The zero-order chi connectivity index (χ0) is 13.1.